The summed E-state index contributed by atoms with van der Waals surface area (Å²) in [7, 11) is 0. The van der Waals surface area contributed by atoms with Crippen molar-refractivity contribution in [2.24, 2.45) is 0 Å². The van der Waals surface area contributed by atoms with Crippen molar-refractivity contribution in [3.63, 3.8) is 0 Å². The molecule has 0 N–H and O–H groups in total. The highest BCUT2D eigenvalue weighted by atomic mass is 79.9. The standard InChI is InChI=1S/C18H11BrN2O2/c19-16-8-4-1-5-13(16)9-12(10-20)11-21-17(22)14-6-2-3-7-15(14)18(21)23/h1-9H,11H2/b12-9+. The molecule has 1 aliphatic heterocycles. The van der Waals surface area contributed by atoms with Crippen molar-refractivity contribution in [2.75, 3.05) is 6.54 Å². The molecule has 23 heavy (non-hydrogen) atoms. The molecule has 0 fully saturated rings. The van der Waals surface area contributed by atoms with E-state index in [9.17, 15) is 14.9 Å². The van der Waals surface area contributed by atoms with E-state index in [1.165, 1.54) is 0 Å². The molecule has 0 saturated heterocycles. The molecule has 2 amide bonds. The molecule has 1 aliphatic rings. The van der Waals surface area contributed by atoms with Crippen LogP contribution in [0.1, 0.15) is 26.3 Å². The number of rotatable bonds is 3. The summed E-state index contributed by atoms with van der Waals surface area (Å²) >= 11 is 3.41. The largest absolute Gasteiger partial charge is 0.269 e. The average molecular weight is 367 g/mol. The second kappa shape index (κ2) is 6.19. The molecule has 2 aromatic rings. The van der Waals surface area contributed by atoms with Crippen LogP contribution in [0.3, 0.4) is 0 Å². The number of carbonyl (C=O) groups is 2. The molecule has 0 unspecified atom stereocenters. The van der Waals surface area contributed by atoms with Gasteiger partial charge in [0, 0.05) is 4.47 Å². The van der Waals surface area contributed by atoms with E-state index < -0.39 is 0 Å². The van der Waals surface area contributed by atoms with Crippen molar-refractivity contribution in [3.05, 3.63) is 75.3 Å². The Balaban J connectivity index is 1.90. The molecule has 1 heterocycles. The highest BCUT2D eigenvalue weighted by Gasteiger charge is 2.35. The smallest absolute Gasteiger partial charge is 0.261 e. The Bertz CT molecular complexity index is 846. The Hall–Kier alpha value is -2.71. The van der Waals surface area contributed by atoms with Gasteiger partial charge in [-0.3, -0.25) is 14.5 Å². The van der Waals surface area contributed by atoms with Crippen LogP contribution in [0, 0.1) is 11.3 Å². The first-order chi connectivity index (χ1) is 11.1. The maximum atomic E-state index is 12.3. The van der Waals surface area contributed by atoms with Gasteiger partial charge in [0.15, 0.2) is 0 Å². The summed E-state index contributed by atoms with van der Waals surface area (Å²) < 4.78 is 0.843. The number of fused-ring (bicyclic) bond motifs is 1. The number of imide groups is 1. The third-order valence-electron chi connectivity index (χ3n) is 3.59. The Morgan fingerprint density at radius 3 is 2.17 bits per heavy atom. The molecular weight excluding hydrogens is 356 g/mol. The van der Waals surface area contributed by atoms with Gasteiger partial charge in [-0.05, 0) is 29.8 Å². The van der Waals surface area contributed by atoms with Gasteiger partial charge in [-0.15, -0.1) is 0 Å². The maximum Gasteiger partial charge on any atom is 0.261 e. The zero-order valence-corrected chi connectivity index (χ0v) is 13.6. The number of nitriles is 1. The number of benzene rings is 2. The van der Waals surface area contributed by atoms with E-state index in [1.807, 2.05) is 24.3 Å². The quantitative estimate of drug-likeness (QED) is 0.615. The molecule has 5 heteroatoms. The number of nitrogens with zero attached hydrogens (tertiary/aromatic N) is 2. The SMILES string of the molecule is N#C/C(=C\c1ccccc1Br)CN1C(=O)c2ccccc2C1=O. The van der Waals surface area contributed by atoms with Gasteiger partial charge in [0.2, 0.25) is 0 Å². The van der Waals surface area contributed by atoms with Crippen molar-refractivity contribution >= 4 is 33.8 Å². The first-order valence-electron chi connectivity index (χ1n) is 6.92. The van der Waals surface area contributed by atoms with Gasteiger partial charge < -0.3 is 0 Å². The predicted molar refractivity (Wildman–Crippen MR) is 89.5 cm³/mol. The van der Waals surface area contributed by atoms with Crippen molar-refractivity contribution in [1.82, 2.24) is 4.90 Å². The summed E-state index contributed by atoms with van der Waals surface area (Å²) in [5.74, 6) is -0.724. The van der Waals surface area contributed by atoms with E-state index in [0.29, 0.717) is 16.7 Å². The molecule has 0 bridgehead atoms. The van der Waals surface area contributed by atoms with Crippen molar-refractivity contribution < 1.29 is 9.59 Å². The van der Waals surface area contributed by atoms with E-state index >= 15 is 0 Å². The third kappa shape index (κ3) is 2.81. The number of hydrogen-bond donors (Lipinski definition) is 0. The van der Waals surface area contributed by atoms with Crippen LogP contribution in [0.2, 0.25) is 0 Å². The number of amides is 2. The fraction of sp³-hybridized carbons (Fsp3) is 0.0556. The summed E-state index contributed by atoms with van der Waals surface area (Å²) in [6.45, 7) is -0.0375. The highest BCUT2D eigenvalue weighted by molar-refractivity contribution is 9.10. The van der Waals surface area contributed by atoms with Gasteiger partial charge in [-0.2, -0.15) is 5.26 Å². The third-order valence-corrected chi connectivity index (χ3v) is 4.31. The second-order valence-corrected chi connectivity index (χ2v) is 5.90. The lowest BCUT2D eigenvalue weighted by molar-refractivity contribution is 0.0670. The Labute approximate surface area is 141 Å². The lowest BCUT2D eigenvalue weighted by Gasteiger charge is -2.13. The number of carbonyl (C=O) groups excluding carboxylic acids is 2. The lowest BCUT2D eigenvalue weighted by atomic mass is 10.1. The first-order valence-corrected chi connectivity index (χ1v) is 7.71. The topological polar surface area (TPSA) is 61.2 Å². The monoisotopic (exact) mass is 366 g/mol. The molecule has 112 valence electrons. The van der Waals surface area contributed by atoms with Gasteiger partial charge in [0.05, 0.1) is 29.3 Å². The van der Waals surface area contributed by atoms with Gasteiger partial charge in [0.25, 0.3) is 11.8 Å². The van der Waals surface area contributed by atoms with Crippen LogP contribution in [0.4, 0.5) is 0 Å². The molecule has 3 rings (SSSR count). The predicted octanol–water partition coefficient (Wildman–Crippen LogP) is 3.65. The average Bonchev–Trinajstić information content (AvgIpc) is 2.81. The fourth-order valence-corrected chi connectivity index (χ4v) is 2.85. The summed E-state index contributed by atoms with van der Waals surface area (Å²) in [4.78, 5) is 25.8. The normalized spacial score (nSPS) is 13.9. The molecule has 0 aliphatic carbocycles. The Kier molecular flexibility index (Phi) is 4.09. The Morgan fingerprint density at radius 1 is 1.04 bits per heavy atom. The molecule has 2 aromatic carbocycles. The second-order valence-electron chi connectivity index (χ2n) is 5.04. The van der Waals surface area contributed by atoms with Crippen molar-refractivity contribution in [2.45, 2.75) is 0 Å². The molecular formula is C18H11BrN2O2. The fourth-order valence-electron chi connectivity index (χ4n) is 2.45. The van der Waals surface area contributed by atoms with E-state index in [0.717, 1.165) is 14.9 Å². The van der Waals surface area contributed by atoms with Gasteiger partial charge in [-0.25, -0.2) is 0 Å². The highest BCUT2D eigenvalue weighted by Crippen LogP contribution is 2.24. The van der Waals surface area contributed by atoms with Gasteiger partial charge in [-0.1, -0.05) is 46.3 Å². The minimum atomic E-state index is -0.362. The van der Waals surface area contributed by atoms with Crippen LogP contribution in [0.25, 0.3) is 6.08 Å². The first kappa shape index (κ1) is 15.2. The summed E-state index contributed by atoms with van der Waals surface area (Å²) in [5, 5.41) is 9.35. The minimum Gasteiger partial charge on any atom is -0.269 e. The lowest BCUT2D eigenvalue weighted by Crippen LogP contribution is -2.31. The van der Waals surface area contributed by atoms with Gasteiger partial charge >= 0.3 is 0 Å². The van der Waals surface area contributed by atoms with Crippen LogP contribution in [0.5, 0.6) is 0 Å². The zero-order valence-electron chi connectivity index (χ0n) is 12.0. The molecule has 0 radical (unpaired) electrons. The maximum absolute atomic E-state index is 12.3. The van der Waals surface area contributed by atoms with E-state index in [2.05, 4.69) is 22.0 Å². The molecule has 0 atom stereocenters. The molecule has 0 saturated carbocycles. The van der Waals surface area contributed by atoms with E-state index in [4.69, 9.17) is 0 Å². The van der Waals surface area contributed by atoms with Crippen molar-refractivity contribution in [3.8, 4) is 6.07 Å². The summed E-state index contributed by atoms with van der Waals surface area (Å²) in [6, 6.07) is 16.2. The van der Waals surface area contributed by atoms with Crippen LogP contribution in [-0.4, -0.2) is 23.3 Å². The zero-order chi connectivity index (χ0) is 16.4. The molecule has 0 aromatic heterocycles. The van der Waals surface area contributed by atoms with E-state index in [1.54, 1.807) is 30.3 Å². The summed E-state index contributed by atoms with van der Waals surface area (Å²) in [6.07, 6.45) is 1.67. The number of halogens is 1. The Morgan fingerprint density at radius 2 is 1.61 bits per heavy atom. The van der Waals surface area contributed by atoms with Crippen LogP contribution >= 0.6 is 15.9 Å². The van der Waals surface area contributed by atoms with Crippen LogP contribution in [0.15, 0.2) is 58.6 Å². The van der Waals surface area contributed by atoms with Crippen molar-refractivity contribution in [1.29, 1.82) is 5.26 Å². The number of hydrogen-bond acceptors (Lipinski definition) is 3. The van der Waals surface area contributed by atoms with E-state index in [-0.39, 0.29) is 18.4 Å². The van der Waals surface area contributed by atoms with Gasteiger partial charge in [0.1, 0.15) is 0 Å². The van der Waals surface area contributed by atoms with Crippen LogP contribution in [-0.2, 0) is 0 Å². The molecule has 0 spiro atoms. The van der Waals surface area contributed by atoms with Crippen LogP contribution < -0.4 is 0 Å². The molecule has 4 nitrogen and oxygen atoms in total. The summed E-state index contributed by atoms with van der Waals surface area (Å²) in [5.41, 5.74) is 1.93. The minimum absolute atomic E-state index is 0.0375.